The molecule has 7 nitrogen and oxygen atoms in total. The Morgan fingerprint density at radius 3 is 2.41 bits per heavy atom. The smallest absolute Gasteiger partial charge is 0.319 e. The molecule has 8 heteroatoms. The number of hydrogen-bond donors (Lipinski definition) is 2. The van der Waals surface area contributed by atoms with Crippen LogP contribution in [0.4, 0.5) is 16.2 Å². The fourth-order valence-corrected chi connectivity index (χ4v) is 2.38. The normalized spacial score (nSPS) is 10.8. The van der Waals surface area contributed by atoms with Gasteiger partial charge in [-0.15, -0.1) is 0 Å². The Hall–Kier alpha value is -3.19. The van der Waals surface area contributed by atoms with Gasteiger partial charge in [0.2, 0.25) is 0 Å². The highest BCUT2D eigenvalue weighted by molar-refractivity contribution is 6.32. The Bertz CT molecular complexity index is 892. The molecule has 2 N–H and O–H groups in total. The monoisotopic (exact) mass is 387 g/mol. The Morgan fingerprint density at radius 1 is 1.15 bits per heavy atom. The molecular formula is C19H18ClN3O4. The topological polar surface area (TPSA) is 101 Å². The Labute approximate surface area is 161 Å². The number of urea groups is 1. The van der Waals surface area contributed by atoms with E-state index < -0.39 is 4.92 Å². The number of benzene rings is 2. The van der Waals surface area contributed by atoms with E-state index >= 15 is 0 Å². The Kier molecular flexibility index (Phi) is 6.67. The van der Waals surface area contributed by atoms with E-state index in [1.807, 2.05) is 13.8 Å². The molecule has 0 saturated heterocycles. The largest absolute Gasteiger partial charge is 0.336 e. The van der Waals surface area contributed by atoms with Gasteiger partial charge in [-0.2, -0.15) is 0 Å². The summed E-state index contributed by atoms with van der Waals surface area (Å²) >= 11 is 5.76. The number of carbonyl (C=O) groups is 2. The lowest BCUT2D eigenvalue weighted by Crippen LogP contribution is -2.34. The number of nitro groups is 1. The van der Waals surface area contributed by atoms with Crippen molar-refractivity contribution >= 4 is 40.9 Å². The van der Waals surface area contributed by atoms with E-state index in [9.17, 15) is 19.7 Å². The number of anilines is 1. The molecule has 2 aromatic rings. The molecule has 2 rings (SSSR count). The van der Waals surface area contributed by atoms with Crippen LogP contribution in [0.25, 0.3) is 6.08 Å². The highest BCUT2D eigenvalue weighted by Gasteiger charge is 2.12. The van der Waals surface area contributed by atoms with Crippen molar-refractivity contribution in [3.8, 4) is 0 Å². The van der Waals surface area contributed by atoms with Crippen molar-refractivity contribution in [2.75, 3.05) is 5.32 Å². The molecule has 0 bridgehead atoms. The number of halogens is 1. The molecule has 0 atom stereocenters. The van der Waals surface area contributed by atoms with E-state index in [-0.39, 0.29) is 28.6 Å². The number of ketones is 1. The van der Waals surface area contributed by atoms with Crippen LogP contribution in [0.3, 0.4) is 0 Å². The summed E-state index contributed by atoms with van der Waals surface area (Å²) in [4.78, 5) is 34.2. The summed E-state index contributed by atoms with van der Waals surface area (Å²) in [6, 6.07) is 10.4. The van der Waals surface area contributed by atoms with E-state index in [0.29, 0.717) is 16.8 Å². The Balaban J connectivity index is 2.06. The second kappa shape index (κ2) is 8.95. The van der Waals surface area contributed by atoms with Gasteiger partial charge in [-0.1, -0.05) is 23.7 Å². The zero-order chi connectivity index (χ0) is 20.0. The molecule has 0 saturated carbocycles. The van der Waals surface area contributed by atoms with Crippen LogP contribution in [0, 0.1) is 10.1 Å². The van der Waals surface area contributed by atoms with Gasteiger partial charge in [-0.3, -0.25) is 14.9 Å². The molecule has 0 aliphatic rings. The van der Waals surface area contributed by atoms with Crippen LogP contribution in [0.2, 0.25) is 5.02 Å². The second-order valence-corrected chi connectivity index (χ2v) is 6.40. The van der Waals surface area contributed by atoms with Crippen molar-refractivity contribution in [1.82, 2.24) is 5.32 Å². The molecule has 0 aliphatic heterocycles. The highest BCUT2D eigenvalue weighted by atomic mass is 35.5. The first-order valence-electron chi connectivity index (χ1n) is 8.10. The second-order valence-electron chi connectivity index (χ2n) is 6.00. The summed E-state index contributed by atoms with van der Waals surface area (Å²) in [7, 11) is 0. The third kappa shape index (κ3) is 5.93. The van der Waals surface area contributed by atoms with Crippen LogP contribution in [0.15, 0.2) is 48.5 Å². The van der Waals surface area contributed by atoms with Gasteiger partial charge in [0.15, 0.2) is 5.78 Å². The number of carbonyl (C=O) groups excluding carboxylic acids is 2. The third-order valence-electron chi connectivity index (χ3n) is 3.44. The summed E-state index contributed by atoms with van der Waals surface area (Å²) in [6.07, 6.45) is 2.80. The van der Waals surface area contributed by atoms with E-state index in [1.165, 1.54) is 24.3 Å². The predicted octanol–water partition coefficient (Wildman–Crippen LogP) is 4.67. The minimum Gasteiger partial charge on any atom is -0.336 e. The number of rotatable bonds is 6. The van der Waals surface area contributed by atoms with Crippen LogP contribution in [0.5, 0.6) is 0 Å². The van der Waals surface area contributed by atoms with Crippen molar-refractivity contribution in [1.29, 1.82) is 0 Å². The van der Waals surface area contributed by atoms with Gasteiger partial charge in [-0.05, 0) is 55.8 Å². The first kappa shape index (κ1) is 20.1. The van der Waals surface area contributed by atoms with Crippen LogP contribution in [-0.4, -0.2) is 22.8 Å². The van der Waals surface area contributed by atoms with Crippen molar-refractivity contribution in [3.63, 3.8) is 0 Å². The maximum absolute atomic E-state index is 12.2. The minimum atomic E-state index is -0.581. The standard InChI is InChI=1S/C19H18ClN3O4/c1-12(2)21-19(25)22-15-7-5-14(6-8-15)18(24)10-4-13-3-9-16(20)17(11-13)23(26)27/h3-12H,1-2H3,(H2,21,22,25)/b10-4+. The molecule has 0 fully saturated rings. The zero-order valence-corrected chi connectivity index (χ0v) is 15.5. The molecule has 0 radical (unpaired) electrons. The zero-order valence-electron chi connectivity index (χ0n) is 14.7. The first-order chi connectivity index (χ1) is 12.8. The van der Waals surface area contributed by atoms with Gasteiger partial charge < -0.3 is 10.6 Å². The van der Waals surface area contributed by atoms with E-state index in [1.54, 1.807) is 30.3 Å². The predicted molar refractivity (Wildman–Crippen MR) is 105 cm³/mol. The lowest BCUT2D eigenvalue weighted by molar-refractivity contribution is -0.384. The summed E-state index contributed by atoms with van der Waals surface area (Å²) in [5.41, 5.74) is 1.25. The molecule has 0 heterocycles. The maximum Gasteiger partial charge on any atom is 0.319 e. The highest BCUT2D eigenvalue weighted by Crippen LogP contribution is 2.25. The summed E-state index contributed by atoms with van der Waals surface area (Å²) in [5, 5.41) is 16.3. The van der Waals surface area contributed by atoms with E-state index in [0.717, 1.165) is 0 Å². The summed E-state index contributed by atoms with van der Waals surface area (Å²) < 4.78 is 0. The molecule has 0 aromatic heterocycles. The van der Waals surface area contributed by atoms with Crippen LogP contribution < -0.4 is 10.6 Å². The number of nitrogens with zero attached hydrogens (tertiary/aromatic N) is 1. The number of nitro benzene ring substituents is 1. The van der Waals surface area contributed by atoms with Gasteiger partial charge >= 0.3 is 6.03 Å². The van der Waals surface area contributed by atoms with Crippen LogP contribution >= 0.6 is 11.6 Å². The third-order valence-corrected chi connectivity index (χ3v) is 3.76. The molecule has 27 heavy (non-hydrogen) atoms. The molecule has 2 aromatic carbocycles. The van der Waals surface area contributed by atoms with Crippen LogP contribution in [0.1, 0.15) is 29.8 Å². The average molecular weight is 388 g/mol. The molecule has 0 spiro atoms. The number of allylic oxidation sites excluding steroid dienone is 1. The SMILES string of the molecule is CC(C)NC(=O)Nc1ccc(C(=O)/C=C/c2ccc(Cl)c([N+](=O)[O-])c2)cc1. The number of amides is 2. The quantitative estimate of drug-likeness (QED) is 0.325. The van der Waals surface area contributed by atoms with Gasteiger partial charge in [-0.25, -0.2) is 4.79 Å². The van der Waals surface area contributed by atoms with Crippen molar-refractivity contribution in [3.05, 3.63) is 74.8 Å². The summed E-state index contributed by atoms with van der Waals surface area (Å²) in [5.74, 6) is -0.272. The molecule has 2 amide bonds. The first-order valence-corrected chi connectivity index (χ1v) is 8.48. The average Bonchev–Trinajstić information content (AvgIpc) is 2.60. The van der Waals surface area contributed by atoms with Crippen molar-refractivity contribution in [2.24, 2.45) is 0 Å². The number of nitrogens with one attached hydrogen (secondary N) is 2. The molecular weight excluding hydrogens is 370 g/mol. The molecule has 0 unspecified atom stereocenters. The van der Waals surface area contributed by atoms with Crippen LogP contribution in [-0.2, 0) is 0 Å². The van der Waals surface area contributed by atoms with E-state index in [4.69, 9.17) is 11.6 Å². The minimum absolute atomic E-state index is 0.0136. The summed E-state index contributed by atoms with van der Waals surface area (Å²) in [6.45, 7) is 3.70. The fourth-order valence-electron chi connectivity index (χ4n) is 2.19. The number of hydrogen-bond acceptors (Lipinski definition) is 4. The van der Waals surface area contributed by atoms with Gasteiger partial charge in [0.1, 0.15) is 5.02 Å². The lowest BCUT2D eigenvalue weighted by Gasteiger charge is -2.10. The lowest BCUT2D eigenvalue weighted by atomic mass is 10.1. The maximum atomic E-state index is 12.2. The fraction of sp³-hybridized carbons (Fsp3) is 0.158. The Morgan fingerprint density at radius 2 is 1.81 bits per heavy atom. The van der Waals surface area contributed by atoms with E-state index in [2.05, 4.69) is 10.6 Å². The molecule has 0 aliphatic carbocycles. The molecule has 140 valence electrons. The van der Waals surface area contributed by atoms with Crippen molar-refractivity contribution < 1.29 is 14.5 Å². The van der Waals surface area contributed by atoms with Crippen molar-refractivity contribution in [2.45, 2.75) is 19.9 Å². The van der Waals surface area contributed by atoms with Gasteiger partial charge in [0.05, 0.1) is 4.92 Å². The van der Waals surface area contributed by atoms with Gasteiger partial charge in [0.25, 0.3) is 5.69 Å². The van der Waals surface area contributed by atoms with Gasteiger partial charge in [0, 0.05) is 23.4 Å².